The Morgan fingerprint density at radius 1 is 1.07 bits per heavy atom. The largest absolute Gasteiger partial charge is 0.356 e. The van der Waals surface area contributed by atoms with Crippen molar-refractivity contribution in [1.82, 2.24) is 20.5 Å². The summed E-state index contributed by atoms with van der Waals surface area (Å²) in [6, 6.07) is 14.8. The quantitative estimate of drug-likeness (QED) is 0.340. The zero-order valence-electron chi connectivity index (χ0n) is 17.6. The molecule has 2 aromatic rings. The maximum atomic E-state index is 4.36. The van der Waals surface area contributed by atoms with E-state index in [0.29, 0.717) is 0 Å². The van der Waals surface area contributed by atoms with E-state index in [-0.39, 0.29) is 24.0 Å². The highest BCUT2D eigenvalue weighted by atomic mass is 127. The molecule has 5 nitrogen and oxygen atoms in total. The van der Waals surface area contributed by atoms with Gasteiger partial charge in [0.25, 0.3) is 0 Å². The molecule has 1 fully saturated rings. The zero-order chi connectivity index (χ0) is 19.6. The Morgan fingerprint density at radius 2 is 1.79 bits per heavy atom. The fourth-order valence-corrected chi connectivity index (χ4v) is 3.60. The van der Waals surface area contributed by atoms with Crippen LogP contribution in [-0.4, -0.2) is 42.5 Å². The third kappa shape index (κ3) is 7.93. The molecule has 2 heterocycles. The number of rotatable bonds is 7. The molecule has 0 amide bonds. The molecule has 1 aromatic carbocycles. The van der Waals surface area contributed by atoms with Gasteiger partial charge in [-0.3, -0.25) is 14.9 Å². The van der Waals surface area contributed by atoms with Crippen LogP contribution in [0.2, 0.25) is 0 Å². The van der Waals surface area contributed by atoms with E-state index in [2.05, 4.69) is 62.8 Å². The fourth-order valence-electron chi connectivity index (χ4n) is 3.60. The maximum absolute atomic E-state index is 4.36. The monoisotopic (exact) mass is 507 g/mol. The molecular formula is C23H34IN5. The normalized spacial score (nSPS) is 15.6. The number of likely N-dealkylation sites (tertiary alicyclic amines) is 1. The molecule has 6 heteroatoms. The summed E-state index contributed by atoms with van der Waals surface area (Å²) in [5.74, 6) is 1.70. The van der Waals surface area contributed by atoms with Crippen molar-refractivity contribution >= 4 is 29.9 Å². The number of hydrogen-bond donors (Lipinski definition) is 2. The van der Waals surface area contributed by atoms with Crippen molar-refractivity contribution in [3.63, 3.8) is 0 Å². The van der Waals surface area contributed by atoms with E-state index >= 15 is 0 Å². The summed E-state index contributed by atoms with van der Waals surface area (Å²) in [6.45, 7) is 7.41. The number of piperidine rings is 1. The predicted molar refractivity (Wildman–Crippen MR) is 132 cm³/mol. The highest BCUT2D eigenvalue weighted by Crippen LogP contribution is 2.19. The van der Waals surface area contributed by atoms with Gasteiger partial charge in [-0.15, -0.1) is 24.0 Å². The first-order valence-electron chi connectivity index (χ1n) is 10.4. The summed E-state index contributed by atoms with van der Waals surface area (Å²) in [5.41, 5.74) is 3.84. The molecule has 1 aliphatic rings. The number of hydrogen-bond acceptors (Lipinski definition) is 3. The van der Waals surface area contributed by atoms with Crippen LogP contribution in [0, 0.1) is 5.92 Å². The Bertz CT molecular complexity index is 742. The van der Waals surface area contributed by atoms with E-state index in [1.807, 2.05) is 25.4 Å². The van der Waals surface area contributed by atoms with Gasteiger partial charge < -0.3 is 10.6 Å². The van der Waals surface area contributed by atoms with Gasteiger partial charge in [0.2, 0.25) is 0 Å². The summed E-state index contributed by atoms with van der Waals surface area (Å²) < 4.78 is 0. The second kappa shape index (κ2) is 12.8. The highest BCUT2D eigenvalue weighted by Gasteiger charge is 2.16. The van der Waals surface area contributed by atoms with Crippen LogP contribution in [0.15, 0.2) is 53.7 Å². The number of pyridine rings is 1. The first-order valence-corrected chi connectivity index (χ1v) is 10.4. The van der Waals surface area contributed by atoms with Gasteiger partial charge in [0.15, 0.2) is 5.96 Å². The van der Waals surface area contributed by atoms with Gasteiger partial charge in [0, 0.05) is 45.0 Å². The second-order valence-corrected chi connectivity index (χ2v) is 7.65. The summed E-state index contributed by atoms with van der Waals surface area (Å²) in [7, 11) is 1.82. The van der Waals surface area contributed by atoms with Crippen LogP contribution in [0.1, 0.15) is 36.6 Å². The van der Waals surface area contributed by atoms with Crippen LogP contribution in [0.5, 0.6) is 0 Å². The molecule has 0 unspecified atom stereocenters. The van der Waals surface area contributed by atoms with Crippen LogP contribution < -0.4 is 10.6 Å². The molecule has 1 aliphatic heterocycles. The minimum Gasteiger partial charge on any atom is -0.356 e. The number of nitrogens with zero attached hydrogens (tertiary/aromatic N) is 3. The van der Waals surface area contributed by atoms with Gasteiger partial charge in [-0.05, 0) is 55.1 Å². The third-order valence-corrected chi connectivity index (χ3v) is 5.46. The molecule has 1 aromatic heterocycles. The van der Waals surface area contributed by atoms with Gasteiger partial charge in [-0.2, -0.15) is 0 Å². The van der Waals surface area contributed by atoms with Crippen LogP contribution in [0.4, 0.5) is 0 Å². The number of benzene rings is 1. The van der Waals surface area contributed by atoms with E-state index < -0.39 is 0 Å². The Kier molecular flexibility index (Phi) is 10.4. The molecule has 158 valence electrons. The van der Waals surface area contributed by atoms with Crippen molar-refractivity contribution in [2.24, 2.45) is 10.9 Å². The SMILES string of the molecule is CN=C(NCCc1ccccn1)NCc1ccccc1CN1CCC(C)CC1.I. The molecule has 3 rings (SSSR count). The minimum atomic E-state index is 0. The van der Waals surface area contributed by atoms with E-state index in [0.717, 1.165) is 43.6 Å². The summed E-state index contributed by atoms with van der Waals surface area (Å²) in [5, 5.41) is 6.84. The fraction of sp³-hybridized carbons (Fsp3) is 0.478. The summed E-state index contributed by atoms with van der Waals surface area (Å²) in [6.07, 6.45) is 5.34. The Balaban J connectivity index is 0.00000300. The Hall–Kier alpha value is -1.67. The second-order valence-electron chi connectivity index (χ2n) is 7.65. The van der Waals surface area contributed by atoms with Crippen LogP contribution >= 0.6 is 24.0 Å². The lowest BCUT2D eigenvalue weighted by Crippen LogP contribution is -2.38. The Morgan fingerprint density at radius 3 is 2.48 bits per heavy atom. The van der Waals surface area contributed by atoms with Crippen molar-refractivity contribution in [3.05, 3.63) is 65.5 Å². The molecule has 2 N–H and O–H groups in total. The first-order chi connectivity index (χ1) is 13.7. The topological polar surface area (TPSA) is 52.6 Å². The number of aliphatic imine (C=N–C) groups is 1. The minimum absolute atomic E-state index is 0. The molecule has 0 bridgehead atoms. The molecule has 0 saturated carbocycles. The van der Waals surface area contributed by atoms with Gasteiger partial charge in [0.05, 0.1) is 0 Å². The standard InChI is InChI=1S/C23H33N5.HI/c1-19-11-15-28(16-12-19)18-21-8-4-3-7-20(21)17-27-23(24-2)26-14-10-22-9-5-6-13-25-22;/h3-9,13,19H,10-12,14-18H2,1-2H3,(H2,24,26,27);1H. The van der Waals surface area contributed by atoms with Crippen molar-refractivity contribution < 1.29 is 0 Å². The lowest BCUT2D eigenvalue weighted by Gasteiger charge is -2.30. The smallest absolute Gasteiger partial charge is 0.191 e. The van der Waals surface area contributed by atoms with Crippen LogP contribution in [-0.2, 0) is 19.5 Å². The molecule has 0 aliphatic carbocycles. The van der Waals surface area contributed by atoms with Gasteiger partial charge >= 0.3 is 0 Å². The number of guanidine groups is 1. The predicted octanol–water partition coefficient (Wildman–Crippen LogP) is 3.84. The summed E-state index contributed by atoms with van der Waals surface area (Å²) in [4.78, 5) is 11.3. The van der Waals surface area contributed by atoms with E-state index in [1.165, 1.54) is 37.1 Å². The van der Waals surface area contributed by atoms with Crippen molar-refractivity contribution in [1.29, 1.82) is 0 Å². The van der Waals surface area contributed by atoms with E-state index in [1.54, 1.807) is 0 Å². The van der Waals surface area contributed by atoms with E-state index in [4.69, 9.17) is 0 Å². The highest BCUT2D eigenvalue weighted by molar-refractivity contribution is 14.0. The maximum Gasteiger partial charge on any atom is 0.191 e. The third-order valence-electron chi connectivity index (χ3n) is 5.46. The van der Waals surface area contributed by atoms with E-state index in [9.17, 15) is 0 Å². The average molecular weight is 507 g/mol. The molecule has 0 spiro atoms. The molecule has 0 atom stereocenters. The van der Waals surface area contributed by atoms with Gasteiger partial charge in [-0.25, -0.2) is 0 Å². The number of aromatic nitrogens is 1. The summed E-state index contributed by atoms with van der Waals surface area (Å²) >= 11 is 0. The molecule has 0 radical (unpaired) electrons. The van der Waals surface area contributed by atoms with Crippen molar-refractivity contribution in [2.75, 3.05) is 26.7 Å². The lowest BCUT2D eigenvalue weighted by atomic mass is 9.98. The van der Waals surface area contributed by atoms with Crippen LogP contribution in [0.3, 0.4) is 0 Å². The number of nitrogens with one attached hydrogen (secondary N) is 2. The Labute approximate surface area is 192 Å². The first kappa shape index (κ1) is 23.6. The zero-order valence-corrected chi connectivity index (χ0v) is 19.9. The molecule has 1 saturated heterocycles. The lowest BCUT2D eigenvalue weighted by molar-refractivity contribution is 0.185. The average Bonchev–Trinajstić information content (AvgIpc) is 2.74. The van der Waals surface area contributed by atoms with Gasteiger partial charge in [0.1, 0.15) is 0 Å². The van der Waals surface area contributed by atoms with Crippen molar-refractivity contribution in [2.45, 2.75) is 39.3 Å². The molecular weight excluding hydrogens is 473 g/mol. The van der Waals surface area contributed by atoms with Crippen molar-refractivity contribution in [3.8, 4) is 0 Å². The molecule has 29 heavy (non-hydrogen) atoms. The number of halogens is 1. The van der Waals surface area contributed by atoms with Crippen LogP contribution in [0.25, 0.3) is 0 Å². The van der Waals surface area contributed by atoms with Gasteiger partial charge in [-0.1, -0.05) is 37.3 Å².